The van der Waals surface area contributed by atoms with Crippen LogP contribution in [0.25, 0.3) is 11.3 Å². The monoisotopic (exact) mass is 478 g/mol. The second-order valence-corrected chi connectivity index (χ2v) is 8.46. The molecular weight excluding hydrogens is 450 g/mol. The van der Waals surface area contributed by atoms with E-state index in [0.29, 0.717) is 34.6 Å². The lowest BCUT2D eigenvalue weighted by Gasteiger charge is -2.17. The molecule has 0 fully saturated rings. The number of ether oxygens (including phenoxy) is 1. The fourth-order valence-electron chi connectivity index (χ4n) is 3.48. The molecule has 0 saturated carbocycles. The molecule has 3 aromatic heterocycles. The fraction of sp³-hybridized carbons (Fsp3) is 0.208. The van der Waals surface area contributed by atoms with Crippen LogP contribution in [0.15, 0.2) is 41.9 Å². The topological polar surface area (TPSA) is 114 Å². The molecule has 0 aliphatic carbocycles. The van der Waals surface area contributed by atoms with Crippen molar-refractivity contribution in [3.8, 4) is 17.0 Å². The van der Waals surface area contributed by atoms with Crippen molar-refractivity contribution in [3.05, 3.63) is 64.0 Å². The Bertz CT molecular complexity index is 1440. The molecule has 4 rings (SSSR count). The van der Waals surface area contributed by atoms with Gasteiger partial charge in [-0.3, -0.25) is 4.79 Å². The number of anilines is 4. The van der Waals surface area contributed by atoms with E-state index in [1.165, 1.54) is 17.5 Å². The summed E-state index contributed by atoms with van der Waals surface area (Å²) in [5, 5.41) is 11.2. The minimum Gasteiger partial charge on any atom is -0.494 e. The summed E-state index contributed by atoms with van der Waals surface area (Å²) in [7, 11) is 1.55. The van der Waals surface area contributed by atoms with Gasteiger partial charge in [-0.25, -0.2) is 19.9 Å². The molecule has 9 nitrogen and oxygen atoms in total. The van der Waals surface area contributed by atoms with Crippen LogP contribution in [0.4, 0.5) is 23.0 Å². The number of aryl methyl sites for hydroxylation is 3. The van der Waals surface area contributed by atoms with Gasteiger partial charge >= 0.3 is 0 Å². The van der Waals surface area contributed by atoms with Crippen molar-refractivity contribution in [2.45, 2.75) is 20.8 Å². The number of carbonyl (C=O) groups is 1. The van der Waals surface area contributed by atoms with Crippen LogP contribution in [0.2, 0.25) is 0 Å². The Hall–Kier alpha value is -4.05. The number of nitrogens with zero attached hydrogens (tertiary/aromatic N) is 4. The molecule has 0 bridgehead atoms. The summed E-state index contributed by atoms with van der Waals surface area (Å²) in [6.07, 6.45) is 1.30. The minimum atomic E-state index is -2.67. The number of carbonyl (C=O) groups excluding carboxylic acids is 1. The molecule has 4 aromatic rings. The highest BCUT2D eigenvalue weighted by molar-refractivity contribution is 7.09. The molecule has 0 aliphatic rings. The maximum absolute atomic E-state index is 12.8. The average molecular weight is 479 g/mol. The van der Waals surface area contributed by atoms with Crippen molar-refractivity contribution in [1.29, 1.82) is 0 Å². The number of rotatable bonds is 7. The lowest BCUT2D eigenvalue weighted by Crippen LogP contribution is -2.19. The number of para-hydroxylation sites is 1. The van der Waals surface area contributed by atoms with Gasteiger partial charge in [-0.05, 0) is 32.9 Å². The molecule has 0 saturated heterocycles. The summed E-state index contributed by atoms with van der Waals surface area (Å²) >= 11 is 1.52. The quantitative estimate of drug-likeness (QED) is 0.348. The molecule has 3 heterocycles. The van der Waals surface area contributed by atoms with E-state index in [4.69, 9.17) is 8.85 Å². The van der Waals surface area contributed by atoms with Crippen molar-refractivity contribution in [2.75, 3.05) is 24.7 Å². The van der Waals surface area contributed by atoms with Crippen LogP contribution >= 0.6 is 11.3 Å². The van der Waals surface area contributed by atoms with Crippen molar-refractivity contribution in [1.82, 2.24) is 25.3 Å². The Labute approximate surface area is 205 Å². The van der Waals surface area contributed by atoms with Gasteiger partial charge < -0.3 is 20.7 Å². The normalized spacial score (nSPS) is 12.3. The molecule has 174 valence electrons. The third-order valence-corrected chi connectivity index (χ3v) is 5.64. The third-order valence-electron chi connectivity index (χ3n) is 4.87. The maximum Gasteiger partial charge on any atom is 0.254 e. The molecule has 0 atom stereocenters. The molecule has 0 spiro atoms. The van der Waals surface area contributed by atoms with E-state index in [1.54, 1.807) is 32.2 Å². The number of hydrogen-bond donors (Lipinski definition) is 3. The molecular formula is C24H25N7O2S. The Morgan fingerprint density at radius 1 is 1.06 bits per heavy atom. The Morgan fingerprint density at radius 3 is 2.62 bits per heavy atom. The predicted molar refractivity (Wildman–Crippen MR) is 135 cm³/mol. The number of amides is 1. The fourth-order valence-corrected chi connectivity index (χ4v) is 4.09. The second-order valence-electron chi connectivity index (χ2n) is 7.40. The third kappa shape index (κ3) is 4.96. The molecule has 0 aliphatic heterocycles. The summed E-state index contributed by atoms with van der Waals surface area (Å²) in [5.74, 6) is 1.22. The van der Waals surface area contributed by atoms with E-state index in [0.717, 1.165) is 22.0 Å². The maximum atomic E-state index is 12.8. The number of methoxy groups -OCH3 is 1. The number of nitrogens with one attached hydrogen (secondary N) is 3. The smallest absolute Gasteiger partial charge is 0.254 e. The average Bonchev–Trinajstić information content (AvgIpc) is 3.23. The Morgan fingerprint density at radius 2 is 1.91 bits per heavy atom. The van der Waals surface area contributed by atoms with Crippen LogP contribution in [0.1, 0.15) is 31.0 Å². The summed E-state index contributed by atoms with van der Waals surface area (Å²) in [6.45, 7) is 2.89. The van der Waals surface area contributed by atoms with Gasteiger partial charge in [0.25, 0.3) is 5.91 Å². The zero-order chi connectivity index (χ0) is 26.7. The van der Waals surface area contributed by atoms with Crippen molar-refractivity contribution in [2.24, 2.45) is 0 Å². The van der Waals surface area contributed by atoms with Gasteiger partial charge in [-0.15, -0.1) is 11.3 Å². The number of pyridine rings is 1. The van der Waals surface area contributed by atoms with Gasteiger partial charge in [0.15, 0.2) is 5.75 Å². The highest BCUT2D eigenvalue weighted by Crippen LogP contribution is 2.39. The van der Waals surface area contributed by atoms with Gasteiger partial charge in [0.2, 0.25) is 0 Å². The molecule has 10 heteroatoms. The van der Waals surface area contributed by atoms with Crippen LogP contribution in [0.5, 0.6) is 5.75 Å². The van der Waals surface area contributed by atoms with Crippen LogP contribution in [-0.4, -0.2) is 39.9 Å². The largest absolute Gasteiger partial charge is 0.494 e. The van der Waals surface area contributed by atoms with E-state index in [1.807, 2.05) is 36.7 Å². The SMILES string of the molecule is [2H]C([2H])([2H])NC(=O)c1cnc(Nc2cc(C)nc(C)n2)cc1Nc1cccc(-c2csc(C)n2)c1OC. The van der Waals surface area contributed by atoms with Crippen molar-refractivity contribution >= 4 is 40.3 Å². The molecule has 0 unspecified atom stereocenters. The van der Waals surface area contributed by atoms with Crippen LogP contribution < -0.4 is 20.7 Å². The second kappa shape index (κ2) is 9.84. The van der Waals surface area contributed by atoms with Gasteiger partial charge in [0.1, 0.15) is 17.5 Å². The van der Waals surface area contributed by atoms with E-state index >= 15 is 0 Å². The minimum absolute atomic E-state index is 0.0358. The number of thiazole rings is 1. The van der Waals surface area contributed by atoms with E-state index < -0.39 is 12.9 Å². The lowest BCUT2D eigenvalue weighted by molar-refractivity contribution is 0.0963. The molecule has 3 N–H and O–H groups in total. The highest BCUT2D eigenvalue weighted by Gasteiger charge is 2.17. The van der Waals surface area contributed by atoms with Crippen molar-refractivity contribution < 1.29 is 13.6 Å². The zero-order valence-corrected chi connectivity index (χ0v) is 19.9. The molecule has 1 amide bonds. The van der Waals surface area contributed by atoms with Gasteiger partial charge in [-0.2, -0.15) is 0 Å². The van der Waals surface area contributed by atoms with Crippen LogP contribution in [0.3, 0.4) is 0 Å². The standard InChI is InChI=1S/C24H25N7O2S/c1-13-9-22(28-14(2)27-13)31-21-10-19(17(11-26-21)24(32)25-4)30-18-8-6-7-16(23(18)33-5)20-12-34-15(3)29-20/h6-12H,1-5H3,(H,25,32)(H2,26,27,28,30,31)/i4D3. The van der Waals surface area contributed by atoms with E-state index in [2.05, 4.69) is 30.6 Å². The number of hydrogen-bond acceptors (Lipinski definition) is 9. The van der Waals surface area contributed by atoms with E-state index in [9.17, 15) is 4.79 Å². The first kappa shape index (κ1) is 19.4. The van der Waals surface area contributed by atoms with Crippen LogP contribution in [0, 0.1) is 20.8 Å². The van der Waals surface area contributed by atoms with Gasteiger partial charge in [-0.1, -0.05) is 6.07 Å². The van der Waals surface area contributed by atoms with Crippen LogP contribution in [-0.2, 0) is 0 Å². The summed E-state index contributed by atoms with van der Waals surface area (Å²) < 4.78 is 28.0. The molecule has 34 heavy (non-hydrogen) atoms. The highest BCUT2D eigenvalue weighted by atomic mass is 32.1. The lowest BCUT2D eigenvalue weighted by atomic mass is 10.1. The van der Waals surface area contributed by atoms with Gasteiger partial charge in [0, 0.05) is 46.1 Å². The van der Waals surface area contributed by atoms with E-state index in [-0.39, 0.29) is 5.56 Å². The summed E-state index contributed by atoms with van der Waals surface area (Å²) in [5.41, 5.74) is 3.21. The Kier molecular flexibility index (Phi) is 5.62. The van der Waals surface area contributed by atoms with Gasteiger partial charge in [0.05, 0.1) is 34.7 Å². The number of aromatic nitrogens is 4. The zero-order valence-electron chi connectivity index (χ0n) is 22.1. The molecule has 0 radical (unpaired) electrons. The first-order valence-electron chi connectivity index (χ1n) is 11.8. The Balaban J connectivity index is 1.76. The number of benzene rings is 1. The summed E-state index contributed by atoms with van der Waals surface area (Å²) in [6, 6.07) is 8.88. The predicted octanol–water partition coefficient (Wildman–Crippen LogP) is 4.78. The molecule has 1 aromatic carbocycles. The first-order chi connectivity index (χ1) is 17.5. The summed E-state index contributed by atoms with van der Waals surface area (Å²) in [4.78, 5) is 30.3. The first-order valence-corrected chi connectivity index (χ1v) is 11.2. The van der Waals surface area contributed by atoms with Crippen molar-refractivity contribution in [3.63, 3.8) is 0 Å².